The summed E-state index contributed by atoms with van der Waals surface area (Å²) in [6.07, 6.45) is 5.18. The molecule has 10 heteroatoms. The third-order valence-electron chi connectivity index (χ3n) is 5.78. The van der Waals surface area contributed by atoms with Crippen molar-refractivity contribution >= 4 is 29.5 Å². The fourth-order valence-corrected chi connectivity index (χ4v) is 3.98. The molecular formula is C25H33N7O3. The van der Waals surface area contributed by atoms with Gasteiger partial charge in [0, 0.05) is 51.0 Å². The predicted octanol–water partition coefficient (Wildman–Crippen LogP) is 2.26. The first kappa shape index (κ1) is 26.1. The number of pyridine rings is 2. The van der Waals surface area contributed by atoms with Gasteiger partial charge in [0.25, 0.3) is 0 Å². The zero-order chi connectivity index (χ0) is 25.2. The van der Waals surface area contributed by atoms with Crippen LogP contribution in [0.4, 0.5) is 17.3 Å². The summed E-state index contributed by atoms with van der Waals surface area (Å²) in [6.45, 7) is 2.86. The van der Waals surface area contributed by atoms with E-state index in [1.165, 1.54) is 0 Å². The fourth-order valence-electron chi connectivity index (χ4n) is 3.98. The monoisotopic (exact) mass is 479 g/mol. The Morgan fingerprint density at radius 2 is 2.20 bits per heavy atom. The summed E-state index contributed by atoms with van der Waals surface area (Å²) in [5, 5.41) is 15.6. The molecule has 1 aliphatic rings. The minimum absolute atomic E-state index is 0.0432. The SMILES string of the molecule is COCCNc1cc(N2CCCc3cc(CNC(=O)CCCN(C)C)c(C=O)nc32)ncc1C#N. The van der Waals surface area contributed by atoms with Crippen molar-refractivity contribution in [3.05, 3.63) is 40.7 Å². The highest BCUT2D eigenvalue weighted by Crippen LogP contribution is 2.33. The number of anilines is 3. The number of aldehydes is 1. The lowest BCUT2D eigenvalue weighted by Crippen LogP contribution is -2.29. The van der Waals surface area contributed by atoms with Gasteiger partial charge in [0.05, 0.1) is 17.9 Å². The molecule has 0 spiro atoms. The smallest absolute Gasteiger partial charge is 0.220 e. The van der Waals surface area contributed by atoms with E-state index in [-0.39, 0.29) is 12.5 Å². The average Bonchev–Trinajstić information content (AvgIpc) is 2.86. The standard InChI is InChI=1S/C25H33N7O3/c1-31(2)9-5-7-24(34)29-15-19-12-18-6-4-10-32(25(18)30-22(19)17-33)23-13-21(27-8-11-35-3)20(14-26)16-28-23/h12-13,16-17H,4-11,15H2,1-3H3,(H,27,28)(H,29,34). The maximum atomic E-state index is 12.2. The topological polar surface area (TPSA) is 123 Å². The Balaban J connectivity index is 1.80. The summed E-state index contributed by atoms with van der Waals surface area (Å²) < 4.78 is 5.09. The van der Waals surface area contributed by atoms with Crippen LogP contribution in [0.5, 0.6) is 0 Å². The molecule has 1 aliphatic heterocycles. The minimum atomic E-state index is -0.0432. The minimum Gasteiger partial charge on any atom is -0.383 e. The summed E-state index contributed by atoms with van der Waals surface area (Å²) in [4.78, 5) is 37.2. The Bertz CT molecular complexity index is 1080. The molecule has 2 N–H and O–H groups in total. The molecule has 0 aromatic carbocycles. The Labute approximate surface area is 206 Å². The number of methoxy groups -OCH3 is 1. The van der Waals surface area contributed by atoms with Crippen molar-refractivity contribution < 1.29 is 14.3 Å². The van der Waals surface area contributed by atoms with Gasteiger partial charge in [-0.25, -0.2) is 9.97 Å². The number of carbonyl (C=O) groups is 2. The van der Waals surface area contributed by atoms with Gasteiger partial charge >= 0.3 is 0 Å². The number of hydrogen-bond acceptors (Lipinski definition) is 9. The highest BCUT2D eigenvalue weighted by Gasteiger charge is 2.24. The number of fused-ring (bicyclic) bond motifs is 1. The number of rotatable bonds is 12. The molecule has 3 heterocycles. The molecule has 0 atom stereocenters. The predicted molar refractivity (Wildman–Crippen MR) is 134 cm³/mol. The Kier molecular flexibility index (Phi) is 9.52. The van der Waals surface area contributed by atoms with Gasteiger partial charge in [-0.15, -0.1) is 0 Å². The first-order valence-electron chi connectivity index (χ1n) is 11.8. The van der Waals surface area contributed by atoms with E-state index in [1.54, 1.807) is 13.3 Å². The molecule has 3 rings (SSSR count). The van der Waals surface area contributed by atoms with Crippen molar-refractivity contribution in [3.63, 3.8) is 0 Å². The molecule has 0 saturated heterocycles. The van der Waals surface area contributed by atoms with E-state index >= 15 is 0 Å². The molecule has 0 fully saturated rings. The largest absolute Gasteiger partial charge is 0.383 e. The molecular weight excluding hydrogens is 446 g/mol. The fraction of sp³-hybridized carbons (Fsp3) is 0.480. The van der Waals surface area contributed by atoms with Crippen molar-refractivity contribution in [1.82, 2.24) is 20.2 Å². The van der Waals surface area contributed by atoms with Crippen LogP contribution < -0.4 is 15.5 Å². The van der Waals surface area contributed by atoms with E-state index in [0.717, 1.165) is 37.7 Å². The zero-order valence-electron chi connectivity index (χ0n) is 20.6. The Hall–Kier alpha value is -3.55. The summed E-state index contributed by atoms with van der Waals surface area (Å²) >= 11 is 0. The number of carbonyl (C=O) groups excluding carboxylic acids is 2. The number of nitriles is 1. The van der Waals surface area contributed by atoms with Gasteiger partial charge in [-0.2, -0.15) is 5.26 Å². The normalized spacial score (nSPS) is 12.7. The quantitative estimate of drug-likeness (QED) is 0.348. The highest BCUT2D eigenvalue weighted by atomic mass is 16.5. The molecule has 186 valence electrons. The molecule has 2 aromatic heterocycles. The molecule has 1 amide bonds. The van der Waals surface area contributed by atoms with Crippen LogP contribution in [0.1, 0.15) is 46.4 Å². The van der Waals surface area contributed by atoms with Crippen LogP contribution in [0.25, 0.3) is 0 Å². The first-order valence-corrected chi connectivity index (χ1v) is 11.8. The van der Waals surface area contributed by atoms with Gasteiger partial charge in [0.2, 0.25) is 5.91 Å². The van der Waals surface area contributed by atoms with Crippen LogP contribution >= 0.6 is 0 Å². The van der Waals surface area contributed by atoms with Gasteiger partial charge < -0.3 is 25.2 Å². The van der Waals surface area contributed by atoms with Gasteiger partial charge in [-0.05, 0) is 51.5 Å². The molecule has 0 aliphatic carbocycles. The number of ether oxygens (including phenoxy) is 1. The second kappa shape index (κ2) is 12.8. The number of nitrogens with one attached hydrogen (secondary N) is 2. The van der Waals surface area contributed by atoms with Crippen molar-refractivity contribution in [2.45, 2.75) is 32.2 Å². The maximum absolute atomic E-state index is 12.2. The lowest BCUT2D eigenvalue weighted by Gasteiger charge is -2.30. The molecule has 0 saturated carbocycles. The molecule has 0 bridgehead atoms. The average molecular weight is 480 g/mol. The third kappa shape index (κ3) is 6.97. The summed E-state index contributed by atoms with van der Waals surface area (Å²) in [5.74, 6) is 1.29. The van der Waals surface area contributed by atoms with E-state index in [4.69, 9.17) is 4.74 Å². The van der Waals surface area contributed by atoms with Gasteiger partial charge in [0.15, 0.2) is 6.29 Å². The van der Waals surface area contributed by atoms with Crippen molar-refractivity contribution in [2.24, 2.45) is 0 Å². The second-order valence-electron chi connectivity index (χ2n) is 8.69. The van der Waals surface area contributed by atoms with E-state index in [2.05, 4.69) is 26.7 Å². The van der Waals surface area contributed by atoms with Crippen LogP contribution in [0.3, 0.4) is 0 Å². The van der Waals surface area contributed by atoms with E-state index in [0.29, 0.717) is 60.3 Å². The molecule has 0 unspecified atom stereocenters. The number of amides is 1. The molecule has 35 heavy (non-hydrogen) atoms. The number of aromatic nitrogens is 2. The van der Waals surface area contributed by atoms with E-state index in [1.807, 2.05) is 36.0 Å². The van der Waals surface area contributed by atoms with Crippen LogP contribution in [-0.4, -0.2) is 74.5 Å². The molecule has 2 aromatic rings. The maximum Gasteiger partial charge on any atom is 0.220 e. The van der Waals surface area contributed by atoms with E-state index in [9.17, 15) is 14.9 Å². The highest BCUT2D eigenvalue weighted by molar-refractivity contribution is 5.79. The van der Waals surface area contributed by atoms with E-state index < -0.39 is 0 Å². The molecule has 10 nitrogen and oxygen atoms in total. The summed E-state index contributed by atoms with van der Waals surface area (Å²) in [5.41, 5.74) is 3.12. The van der Waals surface area contributed by atoms with Crippen LogP contribution in [0.15, 0.2) is 18.3 Å². The summed E-state index contributed by atoms with van der Waals surface area (Å²) in [7, 11) is 5.57. The van der Waals surface area contributed by atoms with Gasteiger partial charge in [-0.3, -0.25) is 9.59 Å². The van der Waals surface area contributed by atoms with Crippen LogP contribution in [-0.2, 0) is 22.5 Å². The molecule has 0 radical (unpaired) electrons. The van der Waals surface area contributed by atoms with Gasteiger partial charge in [-0.1, -0.05) is 0 Å². The zero-order valence-corrected chi connectivity index (χ0v) is 20.6. The van der Waals surface area contributed by atoms with Crippen LogP contribution in [0, 0.1) is 11.3 Å². The lowest BCUT2D eigenvalue weighted by molar-refractivity contribution is -0.121. The Morgan fingerprint density at radius 3 is 2.91 bits per heavy atom. The lowest BCUT2D eigenvalue weighted by atomic mass is 10.0. The number of nitrogens with zero attached hydrogens (tertiary/aromatic N) is 5. The Morgan fingerprint density at radius 1 is 1.37 bits per heavy atom. The summed E-state index contributed by atoms with van der Waals surface area (Å²) in [6, 6.07) is 5.94. The number of aryl methyl sites for hydroxylation is 1. The van der Waals surface area contributed by atoms with Crippen molar-refractivity contribution in [2.75, 3.05) is 57.7 Å². The first-order chi connectivity index (χ1) is 17.0. The number of hydrogen-bond donors (Lipinski definition) is 2. The van der Waals surface area contributed by atoms with Gasteiger partial charge in [0.1, 0.15) is 23.4 Å². The van der Waals surface area contributed by atoms with Crippen molar-refractivity contribution in [3.8, 4) is 6.07 Å². The second-order valence-corrected chi connectivity index (χ2v) is 8.69. The van der Waals surface area contributed by atoms with Crippen molar-refractivity contribution in [1.29, 1.82) is 5.26 Å². The third-order valence-corrected chi connectivity index (χ3v) is 5.78. The van der Waals surface area contributed by atoms with Crippen LogP contribution in [0.2, 0.25) is 0 Å².